The number of thioether (sulfide) groups is 4. The smallest absolute Gasteiger partial charge is 0.189 e. The van der Waals surface area contributed by atoms with E-state index in [-0.39, 0.29) is 0 Å². The summed E-state index contributed by atoms with van der Waals surface area (Å²) in [4.78, 5) is 45.5. The molecule has 1 unspecified atom stereocenters. The average molecular weight is 958 g/mol. The normalized spacial score (nSPS) is 12.5. The zero-order valence-electron chi connectivity index (χ0n) is 44.3. The summed E-state index contributed by atoms with van der Waals surface area (Å²) in [7, 11) is 6.43. The summed E-state index contributed by atoms with van der Waals surface area (Å²) in [6.45, 7) is 44.1. The highest BCUT2D eigenvalue weighted by atomic mass is 32.2. The first-order valence-corrected chi connectivity index (χ1v) is 29.3. The molecule has 0 amide bonds. The summed E-state index contributed by atoms with van der Waals surface area (Å²) < 4.78 is 4.48. The molecule has 12 heteroatoms. The monoisotopic (exact) mass is 957 g/mol. The van der Waals surface area contributed by atoms with E-state index in [0.717, 1.165) is 110 Å². The number of unbranched alkanes of at least 4 members (excludes halogenated alkanes) is 1. The SMILES string of the molecule is CCCC(=O)SCC[N+](C)(C)C.CCCC(=O)SCC[N+](CC)(CC)CC.CCCC(=O)SCC[N+](CC)(CCC)CCC.CCCC[N+](CC)(CCC)CCSC(=O)CCC. The first-order chi connectivity index (χ1) is 29.4. The maximum Gasteiger partial charge on any atom is 0.189 e. The fraction of sp³-hybridized carbons (Fsp3) is 0.920. The molecule has 0 aliphatic rings. The molecule has 0 aliphatic heterocycles. The number of carbonyl (C=O) groups excluding carboxylic acids is 4. The van der Waals surface area contributed by atoms with Crippen molar-refractivity contribution in [3.05, 3.63) is 0 Å². The Hall–Kier alpha value is -0.0800. The van der Waals surface area contributed by atoms with Crippen LogP contribution in [0.1, 0.15) is 173 Å². The Morgan fingerprint density at radius 3 is 0.790 bits per heavy atom. The largest absolute Gasteiger partial charge is 0.330 e. The summed E-state index contributed by atoms with van der Waals surface area (Å²) in [6, 6.07) is 0. The first kappa shape index (κ1) is 68.5. The van der Waals surface area contributed by atoms with Gasteiger partial charge in [-0.2, -0.15) is 0 Å². The quantitative estimate of drug-likeness (QED) is 0.0591. The third-order valence-electron chi connectivity index (χ3n) is 11.8. The van der Waals surface area contributed by atoms with E-state index in [9.17, 15) is 19.2 Å². The van der Waals surface area contributed by atoms with Crippen LogP contribution in [0.2, 0.25) is 0 Å². The minimum absolute atomic E-state index is 0.339. The van der Waals surface area contributed by atoms with Crippen molar-refractivity contribution in [2.45, 2.75) is 173 Å². The molecule has 0 rings (SSSR count). The molecule has 0 aromatic heterocycles. The molecule has 8 nitrogen and oxygen atoms in total. The summed E-state index contributed by atoms with van der Waals surface area (Å²) in [5.74, 6) is 3.92. The molecule has 0 radical (unpaired) electrons. The number of hydrogen-bond acceptors (Lipinski definition) is 8. The number of rotatable bonds is 34. The Kier molecular flexibility index (Phi) is 49.4. The lowest BCUT2D eigenvalue weighted by Crippen LogP contribution is -2.50. The van der Waals surface area contributed by atoms with Crippen molar-refractivity contribution in [3.8, 4) is 0 Å². The minimum Gasteiger partial charge on any atom is -0.330 e. The maximum atomic E-state index is 11.5. The lowest BCUT2D eigenvalue weighted by atomic mass is 10.2. The molecule has 0 saturated heterocycles. The fourth-order valence-corrected chi connectivity index (χ4v) is 11.7. The van der Waals surface area contributed by atoms with Gasteiger partial charge in [0.2, 0.25) is 0 Å². The van der Waals surface area contributed by atoms with E-state index < -0.39 is 0 Å². The second-order valence-corrected chi connectivity index (χ2v) is 22.5. The van der Waals surface area contributed by atoms with Crippen molar-refractivity contribution < 1.29 is 37.1 Å². The van der Waals surface area contributed by atoms with Crippen molar-refractivity contribution in [1.29, 1.82) is 0 Å². The minimum atomic E-state index is 0.339. The van der Waals surface area contributed by atoms with Crippen LogP contribution in [-0.4, -0.2) is 168 Å². The van der Waals surface area contributed by atoms with Crippen molar-refractivity contribution in [3.63, 3.8) is 0 Å². The van der Waals surface area contributed by atoms with E-state index in [1.54, 1.807) is 23.5 Å². The third-order valence-corrected chi connectivity index (χ3v) is 15.4. The van der Waals surface area contributed by atoms with Crippen LogP contribution < -0.4 is 0 Å². The Morgan fingerprint density at radius 2 is 0.565 bits per heavy atom. The first-order valence-electron chi connectivity index (χ1n) is 25.3. The van der Waals surface area contributed by atoms with Crippen molar-refractivity contribution in [1.82, 2.24) is 0 Å². The number of hydrogen-bond donors (Lipinski definition) is 0. The zero-order valence-corrected chi connectivity index (χ0v) is 47.5. The standard InChI is InChI=1S/C15H32NOS.C14H30NOS.C12H26NOS.C9H20NOS/c1-5-9-12-16(8-4,11-7-3)13-14-18-15(17)10-6-2;1-5-9-14(16)17-13-12-15(8-4,10-6-2)11-7-3;1-5-9-12(14)15-11-10-13(6-2,7-3)8-4;1-5-6-9(11)12-8-7-10(2,3)4/h5-14H2,1-4H3;5-13H2,1-4H3;5-11H2,1-4H3;5-8H2,1-4H3/q4*+1. The summed E-state index contributed by atoms with van der Waals surface area (Å²) in [5.41, 5.74) is 0. The molecule has 0 bridgehead atoms. The highest BCUT2D eigenvalue weighted by Gasteiger charge is 2.25. The van der Waals surface area contributed by atoms with Crippen LogP contribution in [0.5, 0.6) is 0 Å². The van der Waals surface area contributed by atoms with Crippen molar-refractivity contribution in [2.75, 3.05) is 129 Å². The van der Waals surface area contributed by atoms with E-state index in [2.05, 4.69) is 104 Å². The van der Waals surface area contributed by atoms with Gasteiger partial charge in [0.1, 0.15) is 0 Å². The predicted molar refractivity (Wildman–Crippen MR) is 286 cm³/mol. The number of nitrogens with zero attached hydrogens (tertiary/aromatic N) is 4. The molecule has 62 heavy (non-hydrogen) atoms. The van der Waals surface area contributed by atoms with Gasteiger partial charge < -0.3 is 17.9 Å². The van der Waals surface area contributed by atoms with Gasteiger partial charge in [0, 0.05) is 25.7 Å². The lowest BCUT2D eigenvalue weighted by molar-refractivity contribution is -0.924. The molecule has 372 valence electrons. The molecule has 0 saturated carbocycles. The van der Waals surface area contributed by atoms with Crippen LogP contribution in [0.4, 0.5) is 0 Å². The van der Waals surface area contributed by atoms with E-state index >= 15 is 0 Å². The van der Waals surface area contributed by atoms with E-state index in [1.165, 1.54) is 123 Å². The summed E-state index contributed by atoms with van der Waals surface area (Å²) >= 11 is 6.08. The van der Waals surface area contributed by atoms with E-state index in [1.807, 2.05) is 6.92 Å². The third kappa shape index (κ3) is 40.2. The van der Waals surface area contributed by atoms with Crippen LogP contribution in [0.25, 0.3) is 0 Å². The van der Waals surface area contributed by atoms with Gasteiger partial charge in [0.25, 0.3) is 0 Å². The maximum absolute atomic E-state index is 11.5. The Morgan fingerprint density at radius 1 is 0.306 bits per heavy atom. The van der Waals surface area contributed by atoms with E-state index in [0.29, 0.717) is 20.5 Å². The lowest BCUT2D eigenvalue weighted by Gasteiger charge is -2.37. The molecule has 0 heterocycles. The molecule has 0 aromatic carbocycles. The Bertz CT molecular complexity index is 1060. The number of carbonyl (C=O) groups is 4. The Balaban J connectivity index is -0.000000365. The van der Waals surface area contributed by atoms with Crippen LogP contribution in [0, 0.1) is 0 Å². The molecular weight excluding hydrogens is 849 g/mol. The van der Waals surface area contributed by atoms with Crippen LogP contribution in [-0.2, 0) is 19.2 Å². The zero-order chi connectivity index (χ0) is 48.4. The highest BCUT2D eigenvalue weighted by molar-refractivity contribution is 8.14. The summed E-state index contributed by atoms with van der Waals surface area (Å²) in [6.07, 6.45) is 13.1. The average Bonchev–Trinajstić information content (AvgIpc) is 3.22. The molecule has 0 aliphatic carbocycles. The molecule has 1 atom stereocenters. The van der Waals surface area contributed by atoms with Gasteiger partial charge in [-0.05, 0) is 86.0 Å². The number of quaternary nitrogens is 4. The van der Waals surface area contributed by atoms with Crippen molar-refractivity contribution in [2.24, 2.45) is 0 Å². The van der Waals surface area contributed by atoms with Gasteiger partial charge >= 0.3 is 0 Å². The van der Waals surface area contributed by atoms with Gasteiger partial charge in [-0.3, -0.25) is 19.2 Å². The van der Waals surface area contributed by atoms with Crippen molar-refractivity contribution >= 4 is 67.5 Å². The predicted octanol–water partition coefficient (Wildman–Crippen LogP) is 12.5. The highest BCUT2D eigenvalue weighted by Crippen LogP contribution is 2.17. The van der Waals surface area contributed by atoms with Gasteiger partial charge in [0.15, 0.2) is 20.5 Å². The van der Waals surface area contributed by atoms with Gasteiger partial charge in [0.05, 0.1) is 129 Å². The van der Waals surface area contributed by atoms with Crippen LogP contribution >= 0.6 is 47.0 Å². The van der Waals surface area contributed by atoms with Crippen LogP contribution in [0.15, 0.2) is 0 Å². The fourth-order valence-electron chi connectivity index (χ4n) is 7.28. The van der Waals surface area contributed by atoms with Gasteiger partial charge in [-0.25, -0.2) is 0 Å². The summed E-state index contributed by atoms with van der Waals surface area (Å²) in [5, 5.41) is 1.44. The molecule has 0 fully saturated rings. The molecule has 0 spiro atoms. The van der Waals surface area contributed by atoms with E-state index in [4.69, 9.17) is 0 Å². The Labute approximate surface area is 405 Å². The van der Waals surface area contributed by atoms with Gasteiger partial charge in [-0.15, -0.1) is 0 Å². The molecule has 0 aromatic rings. The molecular formula is C50H108N4O4S4+4. The second kappa shape index (κ2) is 44.7. The second-order valence-electron chi connectivity index (χ2n) is 17.9. The van der Waals surface area contributed by atoms with Gasteiger partial charge in [-0.1, -0.05) is 109 Å². The topological polar surface area (TPSA) is 68.3 Å². The molecule has 0 N–H and O–H groups in total. The van der Waals surface area contributed by atoms with Crippen LogP contribution in [0.3, 0.4) is 0 Å².